The maximum Gasteiger partial charge on any atom is 0.255 e. The highest BCUT2D eigenvalue weighted by atomic mass is 35.5. The normalized spacial score (nSPS) is 14.0. The largest absolute Gasteiger partial charge is 0.339 e. The number of carbonyl (C=O) groups excluding carboxylic acids is 1. The first-order valence-corrected chi connectivity index (χ1v) is 8.65. The van der Waals surface area contributed by atoms with Crippen molar-refractivity contribution in [3.63, 3.8) is 0 Å². The lowest BCUT2D eigenvalue weighted by molar-refractivity contribution is 0.0792. The van der Waals surface area contributed by atoms with Crippen LogP contribution in [0.1, 0.15) is 23.2 Å². The average Bonchev–Trinajstić information content (AvgIpc) is 3.34. The summed E-state index contributed by atoms with van der Waals surface area (Å²) in [6.45, 7) is 1.68. The molecule has 3 heterocycles. The van der Waals surface area contributed by atoms with Crippen LogP contribution < -0.4 is 0 Å². The molecule has 0 spiro atoms. The molecule has 5 nitrogen and oxygen atoms in total. The summed E-state index contributed by atoms with van der Waals surface area (Å²) in [5.41, 5.74) is 3.25. The summed E-state index contributed by atoms with van der Waals surface area (Å²) in [5, 5.41) is 5.06. The molecule has 0 saturated carbocycles. The number of hydrogen-bond donors (Lipinski definition) is 0. The van der Waals surface area contributed by atoms with Gasteiger partial charge in [-0.2, -0.15) is 5.10 Å². The first-order chi connectivity index (χ1) is 12.2. The van der Waals surface area contributed by atoms with E-state index in [-0.39, 0.29) is 5.91 Å². The maximum absolute atomic E-state index is 12.4. The second-order valence-electron chi connectivity index (χ2n) is 6.08. The Morgan fingerprint density at radius 1 is 1.00 bits per heavy atom. The van der Waals surface area contributed by atoms with Crippen LogP contribution in [0.3, 0.4) is 0 Å². The first-order valence-electron chi connectivity index (χ1n) is 8.27. The Morgan fingerprint density at radius 3 is 2.44 bits per heavy atom. The second kappa shape index (κ2) is 6.69. The van der Waals surface area contributed by atoms with Crippen molar-refractivity contribution in [1.82, 2.24) is 19.7 Å². The number of likely N-dealkylation sites (tertiary alicyclic amines) is 1. The van der Waals surface area contributed by atoms with Gasteiger partial charge in [-0.25, -0.2) is 4.68 Å². The molecule has 1 saturated heterocycles. The van der Waals surface area contributed by atoms with Crippen LogP contribution in [0.2, 0.25) is 5.02 Å². The highest BCUT2D eigenvalue weighted by Crippen LogP contribution is 2.20. The minimum Gasteiger partial charge on any atom is -0.339 e. The SMILES string of the molecule is O=C(c1ccc(-c2cnn(-c3ccc(Cl)cc3)c2)nc1)N1CCCC1. The molecule has 1 fully saturated rings. The quantitative estimate of drug-likeness (QED) is 0.720. The molecule has 0 N–H and O–H groups in total. The lowest BCUT2D eigenvalue weighted by Crippen LogP contribution is -2.27. The van der Waals surface area contributed by atoms with Crippen LogP contribution in [0.5, 0.6) is 0 Å². The highest BCUT2D eigenvalue weighted by molar-refractivity contribution is 6.30. The Hall–Kier alpha value is -2.66. The van der Waals surface area contributed by atoms with E-state index in [2.05, 4.69) is 10.1 Å². The van der Waals surface area contributed by atoms with Crippen LogP contribution in [0.4, 0.5) is 0 Å². The number of carbonyl (C=O) groups is 1. The number of halogens is 1. The lowest BCUT2D eigenvalue weighted by Gasteiger charge is -2.14. The van der Waals surface area contributed by atoms with Gasteiger partial charge in [0.1, 0.15) is 0 Å². The zero-order valence-electron chi connectivity index (χ0n) is 13.6. The Morgan fingerprint density at radius 2 is 1.76 bits per heavy atom. The number of nitrogens with zero attached hydrogens (tertiary/aromatic N) is 4. The first kappa shape index (κ1) is 15.8. The van der Waals surface area contributed by atoms with E-state index in [4.69, 9.17) is 11.6 Å². The molecule has 1 aliphatic rings. The molecular weight excluding hydrogens is 336 g/mol. The van der Waals surface area contributed by atoms with E-state index >= 15 is 0 Å². The smallest absolute Gasteiger partial charge is 0.255 e. The van der Waals surface area contributed by atoms with Gasteiger partial charge in [0.2, 0.25) is 0 Å². The van der Waals surface area contributed by atoms with Gasteiger partial charge in [0.25, 0.3) is 5.91 Å². The van der Waals surface area contributed by atoms with Crippen LogP contribution in [0.15, 0.2) is 55.0 Å². The fraction of sp³-hybridized carbons (Fsp3) is 0.211. The molecule has 0 unspecified atom stereocenters. The van der Waals surface area contributed by atoms with Crippen molar-refractivity contribution in [2.24, 2.45) is 0 Å². The molecule has 0 bridgehead atoms. The van der Waals surface area contributed by atoms with Gasteiger partial charge in [0, 0.05) is 36.1 Å². The van der Waals surface area contributed by atoms with E-state index in [0.717, 1.165) is 42.9 Å². The third kappa shape index (κ3) is 3.28. The number of aromatic nitrogens is 3. The molecular formula is C19H17ClN4O. The molecule has 4 rings (SSSR count). The molecule has 0 aliphatic carbocycles. The number of rotatable bonds is 3. The van der Waals surface area contributed by atoms with Crippen molar-refractivity contribution in [2.75, 3.05) is 13.1 Å². The van der Waals surface area contributed by atoms with Crippen LogP contribution >= 0.6 is 11.6 Å². The lowest BCUT2D eigenvalue weighted by atomic mass is 10.2. The van der Waals surface area contributed by atoms with Gasteiger partial charge in [-0.15, -0.1) is 0 Å². The molecule has 25 heavy (non-hydrogen) atoms. The van der Waals surface area contributed by atoms with Crippen molar-refractivity contribution in [3.8, 4) is 16.9 Å². The second-order valence-corrected chi connectivity index (χ2v) is 6.52. The predicted molar refractivity (Wildman–Crippen MR) is 96.9 cm³/mol. The monoisotopic (exact) mass is 352 g/mol. The summed E-state index contributed by atoms with van der Waals surface area (Å²) < 4.78 is 1.77. The predicted octanol–water partition coefficient (Wildman–Crippen LogP) is 3.82. The van der Waals surface area contributed by atoms with E-state index in [1.54, 1.807) is 17.1 Å². The van der Waals surface area contributed by atoms with Crippen LogP contribution in [-0.4, -0.2) is 38.7 Å². The van der Waals surface area contributed by atoms with Gasteiger partial charge < -0.3 is 4.90 Å². The van der Waals surface area contributed by atoms with Gasteiger partial charge in [-0.3, -0.25) is 9.78 Å². The van der Waals surface area contributed by atoms with E-state index < -0.39 is 0 Å². The minimum atomic E-state index is 0.0633. The Balaban J connectivity index is 1.54. The van der Waals surface area contributed by atoms with Crippen LogP contribution in [0, 0.1) is 0 Å². The molecule has 3 aromatic rings. The Labute approximate surface area is 150 Å². The molecule has 0 atom stereocenters. The number of benzene rings is 1. The summed E-state index contributed by atoms with van der Waals surface area (Å²) in [6.07, 6.45) is 7.49. The molecule has 1 aromatic carbocycles. The number of hydrogen-bond acceptors (Lipinski definition) is 3. The van der Waals surface area contributed by atoms with E-state index in [0.29, 0.717) is 10.6 Å². The Bertz CT molecular complexity index is 881. The van der Waals surface area contributed by atoms with Gasteiger partial charge in [-0.05, 0) is 49.2 Å². The molecule has 1 amide bonds. The number of amides is 1. The summed E-state index contributed by atoms with van der Waals surface area (Å²) >= 11 is 5.92. The topological polar surface area (TPSA) is 51.0 Å². The summed E-state index contributed by atoms with van der Waals surface area (Å²) in [7, 11) is 0. The third-order valence-corrected chi connectivity index (χ3v) is 4.63. The third-order valence-electron chi connectivity index (χ3n) is 4.37. The van der Waals surface area contributed by atoms with Gasteiger partial charge in [0.15, 0.2) is 0 Å². The molecule has 6 heteroatoms. The van der Waals surface area contributed by atoms with Crippen molar-refractivity contribution < 1.29 is 4.79 Å². The van der Waals surface area contributed by atoms with E-state index in [1.165, 1.54) is 0 Å². The van der Waals surface area contributed by atoms with E-state index in [1.807, 2.05) is 47.5 Å². The van der Waals surface area contributed by atoms with Gasteiger partial charge in [0.05, 0.1) is 23.1 Å². The standard InChI is InChI=1S/C19H17ClN4O/c20-16-4-6-17(7-5-16)24-13-15(12-22-24)18-8-3-14(11-21-18)19(25)23-9-1-2-10-23/h3-8,11-13H,1-2,9-10H2. The zero-order chi connectivity index (χ0) is 17.2. The zero-order valence-corrected chi connectivity index (χ0v) is 14.4. The summed E-state index contributed by atoms with van der Waals surface area (Å²) in [6, 6.07) is 11.2. The van der Waals surface area contributed by atoms with Crippen LogP contribution in [0.25, 0.3) is 16.9 Å². The Kier molecular flexibility index (Phi) is 4.24. The van der Waals surface area contributed by atoms with E-state index in [9.17, 15) is 4.79 Å². The molecule has 126 valence electrons. The summed E-state index contributed by atoms with van der Waals surface area (Å²) in [4.78, 5) is 18.7. The molecule has 1 aliphatic heterocycles. The fourth-order valence-electron chi connectivity index (χ4n) is 2.98. The van der Waals surface area contributed by atoms with Crippen molar-refractivity contribution in [2.45, 2.75) is 12.8 Å². The maximum atomic E-state index is 12.4. The average molecular weight is 353 g/mol. The van der Waals surface area contributed by atoms with Crippen molar-refractivity contribution in [1.29, 1.82) is 0 Å². The highest BCUT2D eigenvalue weighted by Gasteiger charge is 2.19. The number of pyridine rings is 1. The molecule has 0 radical (unpaired) electrons. The fourth-order valence-corrected chi connectivity index (χ4v) is 3.11. The summed E-state index contributed by atoms with van der Waals surface area (Å²) in [5.74, 6) is 0.0633. The molecule has 2 aromatic heterocycles. The minimum absolute atomic E-state index is 0.0633. The van der Waals surface area contributed by atoms with Crippen molar-refractivity contribution in [3.05, 3.63) is 65.6 Å². The van der Waals surface area contributed by atoms with Crippen molar-refractivity contribution >= 4 is 17.5 Å². The van der Waals surface area contributed by atoms with Crippen LogP contribution in [-0.2, 0) is 0 Å². The van der Waals surface area contributed by atoms with Gasteiger partial charge in [-0.1, -0.05) is 11.6 Å². The van der Waals surface area contributed by atoms with Gasteiger partial charge >= 0.3 is 0 Å².